The first-order chi connectivity index (χ1) is 12.8. The smallest absolute Gasteiger partial charge is 0.172 e. The first-order valence-electron chi connectivity index (χ1n) is 8.39. The van der Waals surface area contributed by atoms with Crippen molar-refractivity contribution in [1.29, 1.82) is 0 Å². The number of hydrogen-bond acceptors (Lipinski definition) is 6. The second kappa shape index (κ2) is 6.99. The van der Waals surface area contributed by atoms with Crippen LogP contribution in [0.5, 0.6) is 34.5 Å². The molecule has 6 nitrogen and oxygen atoms in total. The van der Waals surface area contributed by atoms with Crippen LogP contribution in [0.2, 0.25) is 0 Å². The Labute approximate surface area is 157 Å². The third-order valence-corrected chi connectivity index (χ3v) is 4.23. The normalized spacial score (nSPS) is 10.6. The van der Waals surface area contributed by atoms with Gasteiger partial charge in [-0.25, -0.2) is 0 Å². The number of nitrogen functional groups attached to an aromatic ring is 2. The quantitative estimate of drug-likeness (QED) is 0.391. The number of para-hydroxylation sites is 1. The predicted octanol–water partition coefficient (Wildman–Crippen LogP) is 4.77. The fourth-order valence-electron chi connectivity index (χ4n) is 2.74. The molecule has 3 aromatic carbocycles. The summed E-state index contributed by atoms with van der Waals surface area (Å²) in [5.74, 6) is 2.06. The molecule has 0 unspecified atom stereocenters. The van der Waals surface area contributed by atoms with Crippen molar-refractivity contribution in [3.8, 4) is 34.5 Å². The molecular weight excluding hydrogens is 344 g/mol. The molecule has 0 amide bonds. The Balaban J connectivity index is 1.98. The van der Waals surface area contributed by atoms with E-state index in [-0.39, 0.29) is 22.9 Å². The van der Waals surface area contributed by atoms with Crippen LogP contribution in [0, 0.1) is 20.8 Å². The predicted molar refractivity (Wildman–Crippen MR) is 106 cm³/mol. The fourth-order valence-corrected chi connectivity index (χ4v) is 2.74. The Morgan fingerprint density at radius 2 is 1.22 bits per heavy atom. The second-order valence-corrected chi connectivity index (χ2v) is 6.46. The van der Waals surface area contributed by atoms with Crippen LogP contribution in [0.1, 0.15) is 16.7 Å². The highest BCUT2D eigenvalue weighted by Crippen LogP contribution is 2.41. The molecule has 0 radical (unpaired) electrons. The maximum absolute atomic E-state index is 9.84. The Bertz CT molecular complexity index is 969. The topological polar surface area (TPSA) is 111 Å². The minimum Gasteiger partial charge on any atom is -0.506 e. The summed E-state index contributed by atoms with van der Waals surface area (Å²) >= 11 is 0. The van der Waals surface area contributed by atoms with Crippen molar-refractivity contribution in [3.63, 3.8) is 0 Å². The molecule has 0 aromatic heterocycles. The molecule has 0 saturated heterocycles. The van der Waals surface area contributed by atoms with Gasteiger partial charge in [0.25, 0.3) is 0 Å². The number of aromatic hydroxyl groups is 2. The molecule has 0 fully saturated rings. The summed E-state index contributed by atoms with van der Waals surface area (Å²) in [4.78, 5) is 0. The number of ether oxygens (including phenoxy) is 2. The van der Waals surface area contributed by atoms with E-state index in [9.17, 15) is 10.2 Å². The van der Waals surface area contributed by atoms with E-state index in [1.807, 2.05) is 19.1 Å². The van der Waals surface area contributed by atoms with Gasteiger partial charge in [0.1, 0.15) is 23.0 Å². The lowest BCUT2D eigenvalue weighted by atomic mass is 10.1. The maximum atomic E-state index is 9.84. The van der Waals surface area contributed by atoms with Gasteiger partial charge in [0.2, 0.25) is 0 Å². The average molecular weight is 366 g/mol. The average Bonchev–Trinajstić information content (AvgIpc) is 2.60. The Morgan fingerprint density at radius 1 is 0.704 bits per heavy atom. The third kappa shape index (κ3) is 3.69. The molecule has 0 atom stereocenters. The largest absolute Gasteiger partial charge is 0.506 e. The molecule has 0 aliphatic rings. The highest BCUT2D eigenvalue weighted by Gasteiger charge is 2.14. The molecule has 6 N–H and O–H groups in total. The SMILES string of the molecule is Cc1cc(Oc2cccc(C)c2Oc2cc(C)c(O)c(N)c2)cc(N)c1O. The van der Waals surface area contributed by atoms with Crippen LogP contribution in [-0.2, 0) is 0 Å². The van der Waals surface area contributed by atoms with Gasteiger partial charge >= 0.3 is 0 Å². The maximum Gasteiger partial charge on any atom is 0.172 e. The number of nitrogens with two attached hydrogens (primary N) is 2. The van der Waals surface area contributed by atoms with Crippen LogP contribution in [-0.4, -0.2) is 10.2 Å². The molecule has 0 spiro atoms. The Kier molecular flexibility index (Phi) is 4.73. The first-order valence-corrected chi connectivity index (χ1v) is 8.39. The summed E-state index contributed by atoms with van der Waals surface area (Å²) in [5.41, 5.74) is 14.2. The number of benzene rings is 3. The Morgan fingerprint density at radius 3 is 1.74 bits per heavy atom. The van der Waals surface area contributed by atoms with Gasteiger partial charge < -0.3 is 31.2 Å². The fraction of sp³-hybridized carbons (Fsp3) is 0.143. The highest BCUT2D eigenvalue weighted by atomic mass is 16.5. The van der Waals surface area contributed by atoms with Crippen molar-refractivity contribution < 1.29 is 19.7 Å². The summed E-state index contributed by atoms with van der Waals surface area (Å²) in [6.45, 7) is 5.39. The summed E-state index contributed by atoms with van der Waals surface area (Å²) < 4.78 is 12.0. The van der Waals surface area contributed by atoms with Crippen molar-refractivity contribution in [1.82, 2.24) is 0 Å². The van der Waals surface area contributed by atoms with E-state index in [1.54, 1.807) is 44.2 Å². The van der Waals surface area contributed by atoms with Crippen LogP contribution in [0.4, 0.5) is 11.4 Å². The highest BCUT2D eigenvalue weighted by molar-refractivity contribution is 5.62. The molecule has 0 heterocycles. The molecule has 3 rings (SSSR count). The van der Waals surface area contributed by atoms with Crippen LogP contribution in [0.3, 0.4) is 0 Å². The zero-order chi connectivity index (χ0) is 19.7. The van der Waals surface area contributed by atoms with Crippen LogP contribution in [0.15, 0.2) is 42.5 Å². The number of phenolic OH excluding ortho intramolecular Hbond substituents is 2. The summed E-state index contributed by atoms with van der Waals surface area (Å²) in [6, 6.07) is 12.0. The van der Waals surface area contributed by atoms with Crippen molar-refractivity contribution in [2.24, 2.45) is 0 Å². The molecule has 140 valence electrons. The zero-order valence-corrected chi connectivity index (χ0v) is 15.4. The zero-order valence-electron chi connectivity index (χ0n) is 15.4. The second-order valence-electron chi connectivity index (χ2n) is 6.46. The van der Waals surface area contributed by atoms with Crippen LogP contribution >= 0.6 is 0 Å². The third-order valence-electron chi connectivity index (χ3n) is 4.23. The van der Waals surface area contributed by atoms with Crippen molar-refractivity contribution in [2.45, 2.75) is 20.8 Å². The number of aryl methyl sites for hydroxylation is 3. The van der Waals surface area contributed by atoms with Gasteiger partial charge in [-0.2, -0.15) is 0 Å². The van der Waals surface area contributed by atoms with E-state index in [2.05, 4.69) is 0 Å². The lowest BCUT2D eigenvalue weighted by Crippen LogP contribution is -1.96. The van der Waals surface area contributed by atoms with Crippen molar-refractivity contribution in [2.75, 3.05) is 11.5 Å². The van der Waals surface area contributed by atoms with E-state index in [0.717, 1.165) is 5.56 Å². The molecule has 0 aliphatic heterocycles. The van der Waals surface area contributed by atoms with Crippen molar-refractivity contribution >= 4 is 11.4 Å². The number of phenols is 2. The van der Waals surface area contributed by atoms with Gasteiger partial charge in [0, 0.05) is 12.1 Å². The van der Waals surface area contributed by atoms with Gasteiger partial charge in [-0.1, -0.05) is 12.1 Å². The van der Waals surface area contributed by atoms with E-state index >= 15 is 0 Å². The van der Waals surface area contributed by atoms with E-state index in [0.29, 0.717) is 34.1 Å². The van der Waals surface area contributed by atoms with E-state index in [1.165, 1.54) is 0 Å². The summed E-state index contributed by atoms with van der Waals surface area (Å²) in [5, 5.41) is 19.7. The molecular formula is C21H22N2O4. The number of hydrogen-bond donors (Lipinski definition) is 4. The van der Waals surface area contributed by atoms with E-state index < -0.39 is 0 Å². The summed E-state index contributed by atoms with van der Waals surface area (Å²) in [6.07, 6.45) is 0. The number of anilines is 2. The summed E-state index contributed by atoms with van der Waals surface area (Å²) in [7, 11) is 0. The molecule has 27 heavy (non-hydrogen) atoms. The van der Waals surface area contributed by atoms with Crippen LogP contribution in [0.25, 0.3) is 0 Å². The minimum absolute atomic E-state index is 0.0399. The minimum atomic E-state index is 0.0399. The van der Waals surface area contributed by atoms with Gasteiger partial charge in [-0.3, -0.25) is 0 Å². The van der Waals surface area contributed by atoms with Gasteiger partial charge in [0.15, 0.2) is 11.5 Å². The van der Waals surface area contributed by atoms with Crippen LogP contribution < -0.4 is 20.9 Å². The lowest BCUT2D eigenvalue weighted by molar-refractivity contribution is 0.413. The standard InChI is InChI=1S/C21H22N2O4/c1-11-5-4-6-18(26-14-7-12(2)19(24)16(22)9-14)21(11)27-15-8-13(3)20(25)17(23)10-15/h4-10,24-25H,22-23H2,1-3H3. The monoisotopic (exact) mass is 366 g/mol. The lowest BCUT2D eigenvalue weighted by Gasteiger charge is -2.16. The van der Waals surface area contributed by atoms with Gasteiger partial charge in [0.05, 0.1) is 11.4 Å². The molecule has 0 saturated carbocycles. The molecule has 6 heteroatoms. The van der Waals surface area contributed by atoms with Gasteiger partial charge in [-0.05, 0) is 55.7 Å². The first kappa shape index (κ1) is 18.3. The van der Waals surface area contributed by atoms with E-state index in [4.69, 9.17) is 20.9 Å². The van der Waals surface area contributed by atoms with Gasteiger partial charge in [-0.15, -0.1) is 0 Å². The number of rotatable bonds is 4. The molecule has 0 aliphatic carbocycles. The molecule has 0 bridgehead atoms. The molecule has 3 aromatic rings. The van der Waals surface area contributed by atoms with Crippen molar-refractivity contribution in [3.05, 3.63) is 59.2 Å². The Hall–Kier alpha value is -3.54.